The van der Waals surface area contributed by atoms with Crippen LogP contribution in [0.2, 0.25) is 0 Å². The number of ether oxygens (including phenoxy) is 1. The van der Waals surface area contributed by atoms with Crippen molar-refractivity contribution in [2.24, 2.45) is 0 Å². The summed E-state index contributed by atoms with van der Waals surface area (Å²) in [5.41, 5.74) is 3.82. The first-order chi connectivity index (χ1) is 22.1. The molecule has 0 aliphatic carbocycles. The Balaban J connectivity index is 1.23. The number of carbonyl (C=O) groups is 3. The van der Waals surface area contributed by atoms with Gasteiger partial charge in [-0.25, -0.2) is 14.8 Å². The van der Waals surface area contributed by atoms with Gasteiger partial charge < -0.3 is 20.3 Å². The molecule has 0 radical (unpaired) electrons. The molecule has 0 saturated heterocycles. The maximum Gasteiger partial charge on any atom is 0.412 e. The van der Waals surface area contributed by atoms with Crippen molar-refractivity contribution in [2.45, 2.75) is 26.4 Å². The first-order valence-electron chi connectivity index (χ1n) is 14.4. The Bertz CT molecular complexity index is 1860. The highest BCUT2D eigenvalue weighted by Crippen LogP contribution is 2.25. The van der Waals surface area contributed by atoms with Crippen molar-refractivity contribution in [1.29, 1.82) is 0 Å². The Kier molecular flexibility index (Phi) is 9.32. The van der Waals surface area contributed by atoms with Gasteiger partial charge in [-0.3, -0.25) is 19.9 Å². The Morgan fingerprint density at radius 3 is 2.20 bits per heavy atom. The molecule has 2 aromatic heterocycles. The van der Waals surface area contributed by atoms with E-state index in [9.17, 15) is 14.4 Å². The lowest BCUT2D eigenvalue weighted by molar-refractivity contribution is 0.0635. The summed E-state index contributed by atoms with van der Waals surface area (Å²) >= 11 is 0. The summed E-state index contributed by atoms with van der Waals surface area (Å²) in [7, 11) is 1.68. The number of anilines is 5. The van der Waals surface area contributed by atoms with Gasteiger partial charge in [0, 0.05) is 53.7 Å². The van der Waals surface area contributed by atoms with Gasteiger partial charge in [0.25, 0.3) is 11.8 Å². The van der Waals surface area contributed by atoms with E-state index in [-0.39, 0.29) is 5.91 Å². The number of para-hydroxylation sites is 2. The van der Waals surface area contributed by atoms with Crippen LogP contribution in [0.1, 0.15) is 41.5 Å². The van der Waals surface area contributed by atoms with E-state index in [2.05, 4.69) is 30.9 Å². The van der Waals surface area contributed by atoms with Gasteiger partial charge in [0.2, 0.25) is 5.95 Å². The molecule has 0 fully saturated rings. The van der Waals surface area contributed by atoms with Crippen LogP contribution in [0.15, 0.2) is 110 Å². The molecule has 0 bridgehead atoms. The SMILES string of the molecule is CN(C(=O)c1ccc(C(=O)Nc2ccccc2NC(=O)OC(C)(C)C)cc1)c1cccc(Nc2nccc(-c3cccnc3)n2)c1. The van der Waals surface area contributed by atoms with Crippen LogP contribution in [-0.2, 0) is 4.74 Å². The largest absolute Gasteiger partial charge is 0.444 e. The highest BCUT2D eigenvalue weighted by atomic mass is 16.6. The van der Waals surface area contributed by atoms with E-state index in [1.165, 1.54) is 4.90 Å². The monoisotopic (exact) mass is 615 g/mol. The molecular formula is C35H33N7O4. The number of carbonyl (C=O) groups excluding carboxylic acids is 3. The van der Waals surface area contributed by atoms with E-state index < -0.39 is 17.6 Å². The summed E-state index contributed by atoms with van der Waals surface area (Å²) in [6, 6.07) is 26.1. The molecule has 3 N–H and O–H groups in total. The van der Waals surface area contributed by atoms with Gasteiger partial charge in [-0.2, -0.15) is 0 Å². The fourth-order valence-corrected chi connectivity index (χ4v) is 4.40. The molecule has 0 saturated carbocycles. The zero-order valence-electron chi connectivity index (χ0n) is 25.8. The third-order valence-corrected chi connectivity index (χ3v) is 6.61. The number of nitrogens with zero attached hydrogens (tertiary/aromatic N) is 4. The second kappa shape index (κ2) is 13.7. The Morgan fingerprint density at radius 1 is 0.783 bits per heavy atom. The van der Waals surface area contributed by atoms with Gasteiger partial charge in [-0.1, -0.05) is 18.2 Å². The number of rotatable bonds is 8. The van der Waals surface area contributed by atoms with E-state index in [1.54, 1.807) is 94.9 Å². The molecule has 5 rings (SSSR count). The van der Waals surface area contributed by atoms with Crippen LogP contribution in [0.5, 0.6) is 0 Å². The minimum absolute atomic E-state index is 0.258. The Morgan fingerprint density at radius 2 is 1.50 bits per heavy atom. The smallest absolute Gasteiger partial charge is 0.412 e. The predicted molar refractivity (Wildman–Crippen MR) is 178 cm³/mol. The molecule has 3 amide bonds. The summed E-state index contributed by atoms with van der Waals surface area (Å²) in [4.78, 5) is 53.2. The molecular weight excluding hydrogens is 582 g/mol. The Hall–Kier alpha value is -6.10. The normalized spacial score (nSPS) is 10.9. The van der Waals surface area contributed by atoms with Crippen molar-refractivity contribution in [3.8, 4) is 11.3 Å². The van der Waals surface area contributed by atoms with Gasteiger partial charge in [0.15, 0.2) is 0 Å². The lowest BCUT2D eigenvalue weighted by atomic mass is 10.1. The maximum absolute atomic E-state index is 13.4. The van der Waals surface area contributed by atoms with Crippen LogP contribution in [0, 0.1) is 0 Å². The van der Waals surface area contributed by atoms with E-state index in [4.69, 9.17) is 4.74 Å². The molecule has 0 atom stereocenters. The second-order valence-electron chi connectivity index (χ2n) is 11.3. The van der Waals surface area contributed by atoms with Crippen molar-refractivity contribution in [1.82, 2.24) is 15.0 Å². The quantitative estimate of drug-likeness (QED) is 0.167. The molecule has 0 spiro atoms. The number of hydrogen-bond acceptors (Lipinski definition) is 8. The number of amides is 3. The number of benzene rings is 3. The third kappa shape index (κ3) is 8.08. The van der Waals surface area contributed by atoms with E-state index in [0.29, 0.717) is 39.8 Å². The second-order valence-corrected chi connectivity index (χ2v) is 11.3. The van der Waals surface area contributed by atoms with Gasteiger partial charge in [-0.15, -0.1) is 0 Å². The highest BCUT2D eigenvalue weighted by molar-refractivity contribution is 6.09. The zero-order chi connectivity index (χ0) is 32.7. The third-order valence-electron chi connectivity index (χ3n) is 6.61. The van der Waals surface area contributed by atoms with Gasteiger partial charge in [0.1, 0.15) is 5.60 Å². The average molecular weight is 616 g/mol. The number of nitrogens with one attached hydrogen (secondary N) is 3. The van der Waals surface area contributed by atoms with Crippen LogP contribution in [0.25, 0.3) is 11.3 Å². The van der Waals surface area contributed by atoms with E-state index in [1.807, 2.05) is 42.5 Å². The predicted octanol–water partition coefficient (Wildman–Crippen LogP) is 7.16. The zero-order valence-corrected chi connectivity index (χ0v) is 25.8. The molecule has 46 heavy (non-hydrogen) atoms. The van der Waals surface area contributed by atoms with Gasteiger partial charge >= 0.3 is 6.09 Å². The molecule has 3 aromatic carbocycles. The number of aromatic nitrogens is 3. The highest BCUT2D eigenvalue weighted by Gasteiger charge is 2.19. The van der Waals surface area contributed by atoms with Crippen molar-refractivity contribution in [3.63, 3.8) is 0 Å². The maximum atomic E-state index is 13.4. The topological polar surface area (TPSA) is 138 Å². The number of hydrogen-bond donors (Lipinski definition) is 3. The fourth-order valence-electron chi connectivity index (χ4n) is 4.40. The van der Waals surface area contributed by atoms with Crippen molar-refractivity contribution in [2.75, 3.05) is 27.9 Å². The lowest BCUT2D eigenvalue weighted by Gasteiger charge is -2.20. The molecule has 11 heteroatoms. The molecule has 0 aliphatic heterocycles. The number of pyridine rings is 1. The molecule has 232 valence electrons. The molecule has 2 heterocycles. The van der Waals surface area contributed by atoms with Gasteiger partial charge in [0.05, 0.1) is 17.1 Å². The van der Waals surface area contributed by atoms with E-state index in [0.717, 1.165) is 11.3 Å². The summed E-state index contributed by atoms with van der Waals surface area (Å²) in [5, 5.41) is 8.67. The molecule has 0 aliphatic rings. The molecule has 11 nitrogen and oxygen atoms in total. The fraction of sp³-hybridized carbons (Fsp3) is 0.143. The lowest BCUT2D eigenvalue weighted by Crippen LogP contribution is -2.27. The van der Waals surface area contributed by atoms with Crippen LogP contribution in [0.3, 0.4) is 0 Å². The summed E-state index contributed by atoms with van der Waals surface area (Å²) < 4.78 is 5.32. The Labute approximate surface area is 266 Å². The van der Waals surface area contributed by atoms with Crippen LogP contribution in [0.4, 0.5) is 33.5 Å². The first kappa shape index (κ1) is 31.3. The minimum Gasteiger partial charge on any atom is -0.444 e. The minimum atomic E-state index is -0.669. The average Bonchev–Trinajstić information content (AvgIpc) is 3.05. The van der Waals surface area contributed by atoms with Crippen LogP contribution >= 0.6 is 0 Å². The van der Waals surface area contributed by atoms with Crippen molar-refractivity contribution < 1.29 is 19.1 Å². The standard InChI is InChI=1S/C35H33N7O4/c1-35(2,3)46-34(45)41-30-13-6-5-12-29(30)39-31(43)23-14-16-24(17-15-23)32(44)42(4)27-11-7-10-26(21-27)38-33-37-20-18-28(40-33)25-9-8-19-36-22-25/h5-22H,1-4H3,(H,39,43)(H,41,45)(H,37,38,40). The van der Waals surface area contributed by atoms with Crippen molar-refractivity contribution in [3.05, 3.63) is 121 Å². The van der Waals surface area contributed by atoms with Crippen molar-refractivity contribution >= 4 is 46.6 Å². The molecule has 5 aromatic rings. The van der Waals surface area contributed by atoms with Crippen LogP contribution < -0.4 is 20.9 Å². The molecule has 0 unspecified atom stereocenters. The summed E-state index contributed by atoms with van der Waals surface area (Å²) in [6.07, 6.45) is 4.47. The summed E-state index contributed by atoms with van der Waals surface area (Å²) in [6.45, 7) is 5.30. The van der Waals surface area contributed by atoms with Gasteiger partial charge in [-0.05, 0) is 93.6 Å². The van der Waals surface area contributed by atoms with E-state index >= 15 is 0 Å². The first-order valence-corrected chi connectivity index (χ1v) is 14.4. The van der Waals surface area contributed by atoms with Crippen LogP contribution in [-0.4, -0.2) is 45.5 Å². The summed E-state index contributed by atoms with van der Waals surface area (Å²) in [5.74, 6) is -0.255.